The quantitative estimate of drug-likeness (QED) is 0.0304. The number of carboxylic acid groups (broad SMARTS) is 1. The lowest BCUT2D eigenvalue weighted by Gasteiger charge is -2.30. The molecule has 0 amide bonds. The number of allylic oxidation sites excluding steroid dienone is 6. The SMILES string of the molecule is CCN1C(=CC=CC=CC2=[N+](CCCCCC(=O)O)c3ccc(S(=O)(=O)O)cc3C2(C)CCOCCOCCOCCOCCOC)C(C)(CCCS(=O)(=O)O)c2cc(S(=O)(=O)O)ccc21. The molecule has 4 N–H and O–H groups in total. The molecule has 0 saturated heterocycles. The zero-order chi connectivity index (χ0) is 48.6. The summed E-state index contributed by atoms with van der Waals surface area (Å²) in [7, 11) is -11.8. The Morgan fingerprint density at radius 2 is 1.27 bits per heavy atom. The first kappa shape index (κ1) is 54.7. The van der Waals surface area contributed by atoms with Crippen molar-refractivity contribution in [1.82, 2.24) is 0 Å². The number of aliphatic carboxylic acids is 1. The Morgan fingerprint density at radius 3 is 1.83 bits per heavy atom. The summed E-state index contributed by atoms with van der Waals surface area (Å²) in [6.07, 6.45) is 11.6. The van der Waals surface area contributed by atoms with Crippen molar-refractivity contribution in [3.05, 3.63) is 83.6 Å². The standard InChI is InChI=1S/C45H64N2O16S3/c1-5-46-39-18-16-35(65(53,54)55)33-37(39)44(2,20-12-32-64(50,51)52)41(46)13-8-6-9-14-42-45(3,21-23-60-26-27-62-30-31-63-29-28-61-25-24-59-4)38-34-36(66(56,57)58)17-19-40(38)47(42)22-11-7-10-15-43(48)49/h6,8-9,13-14,16-19,33-34H,5,7,10-12,15,20-32H2,1-4H3,(H3-,48,49,50,51,52,53,54,55,56,57,58)/p+1. The molecular formula is C45H65N2O16S3+. The van der Waals surface area contributed by atoms with Crippen LogP contribution in [0, 0.1) is 0 Å². The van der Waals surface area contributed by atoms with Crippen LogP contribution in [0.25, 0.3) is 0 Å². The Balaban J connectivity index is 1.63. The zero-order valence-electron chi connectivity index (χ0n) is 38.1. The van der Waals surface area contributed by atoms with Gasteiger partial charge in [0.05, 0.1) is 73.8 Å². The van der Waals surface area contributed by atoms with Crippen LogP contribution < -0.4 is 4.90 Å². The van der Waals surface area contributed by atoms with Crippen molar-refractivity contribution in [1.29, 1.82) is 0 Å². The van der Waals surface area contributed by atoms with E-state index >= 15 is 0 Å². The van der Waals surface area contributed by atoms with E-state index in [0.29, 0.717) is 102 Å². The van der Waals surface area contributed by atoms with Crippen LogP contribution in [0.15, 0.2) is 82.3 Å². The van der Waals surface area contributed by atoms with Crippen molar-refractivity contribution < 1.29 is 77.1 Å². The molecule has 2 heterocycles. The van der Waals surface area contributed by atoms with E-state index < -0.39 is 52.9 Å². The van der Waals surface area contributed by atoms with Gasteiger partial charge in [-0.25, -0.2) is 0 Å². The number of benzene rings is 2. The molecule has 2 aliphatic rings. The van der Waals surface area contributed by atoms with Crippen LogP contribution in [0.3, 0.4) is 0 Å². The van der Waals surface area contributed by atoms with Crippen LogP contribution in [-0.4, -0.2) is 146 Å². The Hall–Kier alpha value is -3.87. The molecule has 66 heavy (non-hydrogen) atoms. The third kappa shape index (κ3) is 15.3. The average molecular weight is 986 g/mol. The number of likely N-dealkylation sites (N-methyl/N-ethyl adjacent to an activating group) is 1. The van der Waals surface area contributed by atoms with E-state index in [1.54, 1.807) is 31.4 Å². The fraction of sp³-hybridized carbons (Fsp3) is 0.556. The van der Waals surface area contributed by atoms with E-state index in [4.69, 9.17) is 23.7 Å². The summed E-state index contributed by atoms with van der Waals surface area (Å²) < 4.78 is 132. The molecule has 0 aliphatic carbocycles. The molecule has 0 aromatic heterocycles. The Labute approximate surface area is 389 Å². The summed E-state index contributed by atoms with van der Waals surface area (Å²) in [6.45, 7) is 10.2. The first-order valence-electron chi connectivity index (χ1n) is 21.9. The fourth-order valence-electron chi connectivity index (χ4n) is 8.36. The molecule has 368 valence electrons. The minimum absolute atomic E-state index is 0.0307. The summed E-state index contributed by atoms with van der Waals surface area (Å²) in [5.41, 5.74) is 2.43. The van der Waals surface area contributed by atoms with Crippen molar-refractivity contribution in [2.45, 2.75) is 86.3 Å². The van der Waals surface area contributed by atoms with Crippen LogP contribution in [0.4, 0.5) is 11.4 Å². The number of unbranched alkanes of at least 4 members (excludes halogenated alkanes) is 2. The zero-order valence-corrected chi connectivity index (χ0v) is 40.5. The number of ether oxygens (including phenoxy) is 5. The highest BCUT2D eigenvalue weighted by Gasteiger charge is 2.48. The number of carboxylic acids is 1. The van der Waals surface area contributed by atoms with Gasteiger partial charge in [-0.15, -0.1) is 0 Å². The molecule has 18 nitrogen and oxygen atoms in total. The molecule has 0 fully saturated rings. The van der Waals surface area contributed by atoms with Crippen molar-refractivity contribution in [2.24, 2.45) is 0 Å². The largest absolute Gasteiger partial charge is 0.481 e. The molecule has 2 atom stereocenters. The molecule has 0 radical (unpaired) electrons. The van der Waals surface area contributed by atoms with Gasteiger partial charge in [0.15, 0.2) is 5.71 Å². The molecular weight excluding hydrogens is 921 g/mol. The first-order valence-corrected chi connectivity index (χ1v) is 26.3. The van der Waals surface area contributed by atoms with E-state index in [0.717, 1.165) is 17.1 Å². The third-order valence-corrected chi connectivity index (χ3v) is 14.2. The number of hydrogen-bond donors (Lipinski definition) is 4. The van der Waals surface area contributed by atoms with Crippen LogP contribution in [0.1, 0.15) is 76.8 Å². The molecule has 2 unspecified atom stereocenters. The average Bonchev–Trinajstić information content (AvgIpc) is 3.61. The number of fused-ring (bicyclic) bond motifs is 2. The van der Waals surface area contributed by atoms with Gasteiger partial charge in [0.2, 0.25) is 5.69 Å². The van der Waals surface area contributed by atoms with E-state index in [-0.39, 0.29) is 42.3 Å². The molecule has 2 aromatic carbocycles. The number of nitrogens with zero attached hydrogens (tertiary/aromatic N) is 2. The Morgan fingerprint density at radius 1 is 0.697 bits per heavy atom. The van der Waals surface area contributed by atoms with Crippen LogP contribution in [0.2, 0.25) is 0 Å². The number of anilines is 1. The number of rotatable bonds is 31. The highest BCUT2D eigenvalue weighted by atomic mass is 32.2. The van der Waals surface area contributed by atoms with Gasteiger partial charge in [0.1, 0.15) is 6.54 Å². The second-order valence-corrected chi connectivity index (χ2v) is 20.8. The van der Waals surface area contributed by atoms with Gasteiger partial charge in [-0.2, -0.15) is 29.8 Å². The molecule has 4 rings (SSSR count). The van der Waals surface area contributed by atoms with E-state index in [9.17, 15) is 48.8 Å². The maximum absolute atomic E-state index is 12.4. The summed E-state index contributed by atoms with van der Waals surface area (Å²) >= 11 is 0. The highest BCUT2D eigenvalue weighted by molar-refractivity contribution is 7.86. The third-order valence-electron chi connectivity index (χ3n) is 11.7. The van der Waals surface area contributed by atoms with Crippen molar-refractivity contribution in [3.63, 3.8) is 0 Å². The molecule has 21 heteroatoms. The van der Waals surface area contributed by atoms with Crippen LogP contribution in [-0.2, 0) is 69.7 Å². The number of carbonyl (C=O) groups is 1. The van der Waals surface area contributed by atoms with Gasteiger partial charge >= 0.3 is 5.97 Å². The monoisotopic (exact) mass is 985 g/mol. The molecule has 2 aromatic rings. The smallest absolute Gasteiger partial charge is 0.303 e. The van der Waals surface area contributed by atoms with Gasteiger partial charge in [-0.3, -0.25) is 18.5 Å². The molecule has 0 saturated carbocycles. The van der Waals surface area contributed by atoms with Gasteiger partial charge in [-0.1, -0.05) is 18.2 Å². The van der Waals surface area contributed by atoms with E-state index in [2.05, 4.69) is 4.58 Å². The molecule has 0 spiro atoms. The van der Waals surface area contributed by atoms with Gasteiger partial charge < -0.3 is 33.7 Å². The van der Waals surface area contributed by atoms with E-state index in [1.165, 1.54) is 24.3 Å². The summed E-state index contributed by atoms with van der Waals surface area (Å²) in [5.74, 6) is -1.39. The van der Waals surface area contributed by atoms with Crippen LogP contribution in [0.5, 0.6) is 0 Å². The lowest BCUT2D eigenvalue weighted by Crippen LogP contribution is -2.33. The molecule has 0 bridgehead atoms. The van der Waals surface area contributed by atoms with Crippen LogP contribution >= 0.6 is 0 Å². The maximum Gasteiger partial charge on any atom is 0.303 e. The van der Waals surface area contributed by atoms with Gasteiger partial charge in [-0.05, 0) is 94.8 Å². The van der Waals surface area contributed by atoms with Gasteiger partial charge in [0.25, 0.3) is 30.4 Å². The first-order chi connectivity index (χ1) is 31.2. The second kappa shape index (κ2) is 24.9. The summed E-state index contributed by atoms with van der Waals surface area (Å²) in [5, 5.41) is 9.20. The maximum atomic E-state index is 12.4. The van der Waals surface area contributed by atoms with Crippen molar-refractivity contribution in [3.8, 4) is 0 Å². The topological polar surface area (TPSA) is 253 Å². The predicted molar refractivity (Wildman–Crippen MR) is 248 cm³/mol. The fourth-order valence-corrected chi connectivity index (χ4v) is 9.88. The lowest BCUT2D eigenvalue weighted by molar-refractivity contribution is -0.438. The number of methoxy groups -OCH3 is 1. The highest BCUT2D eigenvalue weighted by Crippen LogP contribution is 2.51. The van der Waals surface area contributed by atoms with E-state index in [1.807, 2.05) is 43.9 Å². The van der Waals surface area contributed by atoms with Crippen molar-refractivity contribution in [2.75, 3.05) is 90.3 Å². The summed E-state index contributed by atoms with van der Waals surface area (Å²) in [4.78, 5) is 12.6. The normalized spacial score (nSPS) is 19.5. The Kier molecular flexibility index (Phi) is 20.7. The van der Waals surface area contributed by atoms with Crippen molar-refractivity contribution >= 4 is 53.4 Å². The minimum Gasteiger partial charge on any atom is -0.481 e. The molecule has 2 aliphatic heterocycles. The lowest BCUT2D eigenvalue weighted by atomic mass is 9.76. The van der Waals surface area contributed by atoms with Gasteiger partial charge in [0, 0.05) is 67.6 Å². The second-order valence-electron chi connectivity index (χ2n) is 16.3. The predicted octanol–water partition coefficient (Wildman–Crippen LogP) is 5.75. The Bertz CT molecular complexity index is 2430. The minimum atomic E-state index is -4.56. The summed E-state index contributed by atoms with van der Waals surface area (Å²) in [6, 6.07) is 8.78. The number of hydrogen-bond acceptors (Lipinski definition) is 13.